The highest BCUT2D eigenvalue weighted by Gasteiger charge is 2.20. The van der Waals surface area contributed by atoms with Crippen molar-refractivity contribution in [2.45, 2.75) is 31.7 Å². The maximum Gasteiger partial charge on any atom is 0.263 e. The summed E-state index contributed by atoms with van der Waals surface area (Å²) >= 11 is 0. The van der Waals surface area contributed by atoms with E-state index in [4.69, 9.17) is 9.47 Å². The Morgan fingerprint density at radius 3 is 2.84 bits per heavy atom. The number of nitrogens with one attached hydrogen (secondary N) is 1. The molecule has 7 heteroatoms. The number of methoxy groups -OCH3 is 1. The number of rotatable bonds is 7. The molecule has 0 saturated heterocycles. The first-order chi connectivity index (χ1) is 12.2. The highest BCUT2D eigenvalue weighted by atomic mass is 16.5. The maximum absolute atomic E-state index is 12.2. The number of benzene rings is 1. The van der Waals surface area contributed by atoms with E-state index in [0.29, 0.717) is 28.9 Å². The van der Waals surface area contributed by atoms with Gasteiger partial charge in [0.2, 0.25) is 0 Å². The second-order valence-corrected chi connectivity index (χ2v) is 5.96. The van der Waals surface area contributed by atoms with Gasteiger partial charge in [-0.25, -0.2) is 4.68 Å². The van der Waals surface area contributed by atoms with Crippen molar-refractivity contribution in [1.29, 1.82) is 0 Å². The van der Waals surface area contributed by atoms with Crippen molar-refractivity contribution in [3.05, 3.63) is 36.0 Å². The molecule has 1 fully saturated rings. The van der Waals surface area contributed by atoms with Gasteiger partial charge in [-0.15, -0.1) is 0 Å². The number of ether oxygens (including phenoxy) is 2. The molecule has 1 amide bonds. The number of anilines is 1. The molecule has 2 aromatic rings. The Morgan fingerprint density at radius 2 is 2.12 bits per heavy atom. The molecule has 0 radical (unpaired) electrons. The Morgan fingerprint density at radius 1 is 1.32 bits per heavy atom. The third-order valence-corrected chi connectivity index (χ3v) is 4.29. The molecular weight excluding hydrogens is 322 g/mol. The van der Waals surface area contributed by atoms with Crippen LogP contribution in [0, 0.1) is 0 Å². The Balaban J connectivity index is 1.60. The third-order valence-electron chi connectivity index (χ3n) is 4.29. The maximum atomic E-state index is 12.2. The zero-order valence-corrected chi connectivity index (χ0v) is 14.1. The van der Waals surface area contributed by atoms with Crippen LogP contribution >= 0.6 is 0 Å². The molecule has 3 rings (SSSR count). The zero-order chi connectivity index (χ0) is 17.6. The van der Waals surface area contributed by atoms with E-state index in [2.05, 4.69) is 10.4 Å². The summed E-state index contributed by atoms with van der Waals surface area (Å²) in [7, 11) is 1.48. The molecule has 1 saturated carbocycles. The number of amides is 1. The summed E-state index contributed by atoms with van der Waals surface area (Å²) in [5.41, 5.74) is 0.481. The number of hydrogen-bond acceptors (Lipinski definition) is 5. The van der Waals surface area contributed by atoms with Crippen LogP contribution < -0.4 is 14.8 Å². The van der Waals surface area contributed by atoms with Crippen LogP contribution in [-0.2, 0) is 4.79 Å². The van der Waals surface area contributed by atoms with Crippen molar-refractivity contribution >= 4 is 18.0 Å². The monoisotopic (exact) mass is 343 g/mol. The van der Waals surface area contributed by atoms with Crippen LogP contribution in [0.2, 0.25) is 0 Å². The number of aromatic nitrogens is 2. The Bertz CT molecular complexity index is 751. The molecule has 1 aromatic carbocycles. The minimum absolute atomic E-state index is 0.160. The molecule has 1 N–H and O–H groups in total. The lowest BCUT2D eigenvalue weighted by molar-refractivity contribution is -0.118. The second kappa shape index (κ2) is 7.83. The second-order valence-electron chi connectivity index (χ2n) is 5.96. The highest BCUT2D eigenvalue weighted by Crippen LogP contribution is 2.31. The van der Waals surface area contributed by atoms with Crippen LogP contribution in [0.4, 0.5) is 5.82 Å². The van der Waals surface area contributed by atoms with Crippen LogP contribution in [0.1, 0.15) is 42.1 Å². The van der Waals surface area contributed by atoms with Crippen LogP contribution in [0.25, 0.3) is 0 Å². The SMILES string of the molecule is COc1cc(C=O)ccc1OCC(=O)Nc1ccnn1C1CCCC1. The Labute approximate surface area is 145 Å². The van der Waals surface area contributed by atoms with Gasteiger partial charge >= 0.3 is 0 Å². The molecule has 0 aliphatic heterocycles. The molecule has 1 aliphatic rings. The van der Waals surface area contributed by atoms with Crippen molar-refractivity contribution in [3.8, 4) is 11.5 Å². The van der Waals surface area contributed by atoms with Gasteiger partial charge in [-0.3, -0.25) is 9.59 Å². The highest BCUT2D eigenvalue weighted by molar-refractivity contribution is 5.91. The van der Waals surface area contributed by atoms with Crippen molar-refractivity contribution in [2.75, 3.05) is 19.0 Å². The molecule has 25 heavy (non-hydrogen) atoms. The normalized spacial score (nSPS) is 14.3. The predicted octanol–water partition coefficient (Wildman–Crippen LogP) is 2.84. The fraction of sp³-hybridized carbons (Fsp3) is 0.389. The van der Waals surface area contributed by atoms with E-state index in [-0.39, 0.29) is 12.5 Å². The largest absolute Gasteiger partial charge is 0.493 e. The van der Waals surface area contributed by atoms with E-state index in [0.717, 1.165) is 19.1 Å². The van der Waals surface area contributed by atoms with Gasteiger partial charge in [-0.05, 0) is 31.0 Å². The molecular formula is C18H21N3O4. The molecule has 0 atom stereocenters. The Kier molecular flexibility index (Phi) is 5.33. The number of carbonyl (C=O) groups is 2. The van der Waals surface area contributed by atoms with Gasteiger partial charge < -0.3 is 14.8 Å². The van der Waals surface area contributed by atoms with Crippen LogP contribution in [0.3, 0.4) is 0 Å². The summed E-state index contributed by atoms with van der Waals surface area (Å²) in [6.45, 7) is -0.160. The number of aldehydes is 1. The van der Waals surface area contributed by atoms with Crippen molar-refractivity contribution in [1.82, 2.24) is 9.78 Å². The van der Waals surface area contributed by atoms with Crippen molar-refractivity contribution < 1.29 is 19.1 Å². The first-order valence-corrected chi connectivity index (χ1v) is 8.30. The van der Waals surface area contributed by atoms with E-state index in [9.17, 15) is 9.59 Å². The molecule has 0 bridgehead atoms. The van der Waals surface area contributed by atoms with Gasteiger partial charge in [0.05, 0.1) is 19.3 Å². The lowest BCUT2D eigenvalue weighted by Gasteiger charge is -2.15. The van der Waals surface area contributed by atoms with Gasteiger partial charge in [-0.2, -0.15) is 5.10 Å². The molecule has 1 aliphatic carbocycles. The molecule has 1 aromatic heterocycles. The first kappa shape index (κ1) is 17.0. The minimum Gasteiger partial charge on any atom is -0.493 e. The lowest BCUT2D eigenvalue weighted by Crippen LogP contribution is -2.23. The summed E-state index contributed by atoms with van der Waals surface area (Å²) in [5.74, 6) is 1.23. The lowest BCUT2D eigenvalue weighted by atomic mass is 10.2. The standard InChI is InChI=1S/C18H21N3O4/c1-24-16-10-13(11-22)6-7-15(16)25-12-18(23)20-17-8-9-19-21(17)14-4-2-3-5-14/h6-11,14H,2-5,12H2,1H3,(H,20,23). The summed E-state index contributed by atoms with van der Waals surface area (Å²) in [6.07, 6.45) is 6.97. The van der Waals surface area contributed by atoms with Crippen LogP contribution in [-0.4, -0.2) is 35.7 Å². The molecule has 0 unspecified atom stereocenters. The predicted molar refractivity (Wildman–Crippen MR) is 92.2 cm³/mol. The van der Waals surface area contributed by atoms with E-state index < -0.39 is 0 Å². The van der Waals surface area contributed by atoms with Crippen LogP contribution in [0.15, 0.2) is 30.5 Å². The zero-order valence-electron chi connectivity index (χ0n) is 14.1. The number of hydrogen-bond donors (Lipinski definition) is 1. The topological polar surface area (TPSA) is 82.4 Å². The fourth-order valence-electron chi connectivity index (χ4n) is 3.05. The summed E-state index contributed by atoms with van der Waals surface area (Å²) in [6, 6.07) is 6.92. The molecule has 132 valence electrons. The minimum atomic E-state index is -0.277. The van der Waals surface area contributed by atoms with Gasteiger partial charge in [0.15, 0.2) is 18.1 Å². The smallest absolute Gasteiger partial charge is 0.263 e. The molecule has 1 heterocycles. The number of nitrogens with zero attached hydrogens (tertiary/aromatic N) is 2. The van der Waals surface area contributed by atoms with E-state index >= 15 is 0 Å². The van der Waals surface area contributed by atoms with Gasteiger partial charge in [0, 0.05) is 11.6 Å². The molecule has 7 nitrogen and oxygen atoms in total. The fourth-order valence-corrected chi connectivity index (χ4v) is 3.05. The van der Waals surface area contributed by atoms with Crippen molar-refractivity contribution in [3.63, 3.8) is 0 Å². The number of carbonyl (C=O) groups excluding carboxylic acids is 2. The quantitative estimate of drug-likeness (QED) is 0.782. The van der Waals surface area contributed by atoms with E-state index in [1.807, 2.05) is 4.68 Å². The van der Waals surface area contributed by atoms with E-state index in [1.165, 1.54) is 20.0 Å². The summed E-state index contributed by atoms with van der Waals surface area (Å²) in [4.78, 5) is 23.0. The van der Waals surface area contributed by atoms with Gasteiger partial charge in [-0.1, -0.05) is 12.8 Å². The van der Waals surface area contributed by atoms with Crippen LogP contribution in [0.5, 0.6) is 11.5 Å². The third kappa shape index (κ3) is 3.99. The van der Waals surface area contributed by atoms with E-state index in [1.54, 1.807) is 30.5 Å². The Hall–Kier alpha value is -2.83. The summed E-state index contributed by atoms with van der Waals surface area (Å²) in [5, 5.41) is 7.16. The first-order valence-electron chi connectivity index (χ1n) is 8.30. The molecule has 0 spiro atoms. The summed E-state index contributed by atoms with van der Waals surface area (Å²) < 4.78 is 12.6. The van der Waals surface area contributed by atoms with Crippen molar-refractivity contribution in [2.24, 2.45) is 0 Å². The average Bonchev–Trinajstić information content (AvgIpc) is 3.31. The van der Waals surface area contributed by atoms with Gasteiger partial charge in [0.25, 0.3) is 5.91 Å². The van der Waals surface area contributed by atoms with Gasteiger partial charge in [0.1, 0.15) is 12.1 Å². The average molecular weight is 343 g/mol.